The van der Waals surface area contributed by atoms with Crippen LogP contribution in [0.3, 0.4) is 0 Å². The topological polar surface area (TPSA) is 102 Å². The molecule has 3 rings (SSSR count). The van der Waals surface area contributed by atoms with Crippen molar-refractivity contribution in [3.63, 3.8) is 0 Å². The molecule has 1 aliphatic heterocycles. The zero-order chi connectivity index (χ0) is 22.8. The number of sulfonamides is 1. The largest absolute Gasteiger partial charge is 0.496 e. The van der Waals surface area contributed by atoms with Crippen LogP contribution in [0.15, 0.2) is 47.4 Å². The summed E-state index contributed by atoms with van der Waals surface area (Å²) in [5.41, 5.74) is 1.51. The van der Waals surface area contributed by atoms with Gasteiger partial charge in [0.1, 0.15) is 11.3 Å². The highest BCUT2D eigenvalue weighted by atomic mass is 32.2. The maximum absolute atomic E-state index is 13.3. The molecule has 2 aromatic rings. The van der Waals surface area contributed by atoms with Crippen LogP contribution >= 0.6 is 0 Å². The third kappa shape index (κ3) is 4.66. The summed E-state index contributed by atoms with van der Waals surface area (Å²) in [6.45, 7) is 5.35. The molecular weight excluding hydrogens is 420 g/mol. The second-order valence-corrected chi connectivity index (χ2v) is 9.39. The number of ether oxygens (including phenoxy) is 2. The van der Waals surface area contributed by atoms with Crippen molar-refractivity contribution in [2.24, 2.45) is 0 Å². The van der Waals surface area contributed by atoms with E-state index in [4.69, 9.17) is 9.47 Å². The van der Waals surface area contributed by atoms with Crippen LogP contribution in [0.1, 0.15) is 36.7 Å². The van der Waals surface area contributed by atoms with Gasteiger partial charge in [0.15, 0.2) is 6.10 Å². The van der Waals surface area contributed by atoms with Crippen LogP contribution in [-0.2, 0) is 26.0 Å². The van der Waals surface area contributed by atoms with Crippen molar-refractivity contribution in [2.75, 3.05) is 18.0 Å². The molecule has 1 aliphatic rings. The summed E-state index contributed by atoms with van der Waals surface area (Å²) in [5, 5.41) is 2.66. The number of anilines is 1. The van der Waals surface area contributed by atoms with E-state index in [2.05, 4.69) is 5.32 Å². The van der Waals surface area contributed by atoms with Gasteiger partial charge in [-0.25, -0.2) is 13.2 Å². The van der Waals surface area contributed by atoms with Crippen LogP contribution in [0.5, 0.6) is 5.75 Å². The maximum Gasteiger partial charge on any atom is 0.342 e. The molecule has 1 atom stereocenters. The molecule has 0 radical (unpaired) electrons. The second kappa shape index (κ2) is 8.97. The van der Waals surface area contributed by atoms with E-state index < -0.39 is 28.0 Å². The Labute approximate surface area is 182 Å². The van der Waals surface area contributed by atoms with Gasteiger partial charge in [-0.15, -0.1) is 0 Å². The number of amides is 1. The SMILES string of the molecule is COc1ccc(S(=O)(=O)N2CCc3ccccc32)cc1C(=O)OC(C)C(=O)NC(C)C. The lowest BCUT2D eigenvalue weighted by atomic mass is 10.2. The zero-order valence-electron chi connectivity index (χ0n) is 17.9. The van der Waals surface area contributed by atoms with E-state index in [9.17, 15) is 18.0 Å². The van der Waals surface area contributed by atoms with E-state index in [0.717, 1.165) is 5.56 Å². The number of carbonyl (C=O) groups is 2. The molecule has 31 heavy (non-hydrogen) atoms. The molecule has 166 valence electrons. The van der Waals surface area contributed by atoms with E-state index in [-0.39, 0.29) is 22.3 Å². The molecule has 1 amide bonds. The Morgan fingerprint density at radius 1 is 1.10 bits per heavy atom. The molecule has 0 aromatic heterocycles. The van der Waals surface area contributed by atoms with Gasteiger partial charge in [-0.3, -0.25) is 9.10 Å². The number of rotatable bonds is 7. The first kappa shape index (κ1) is 22.6. The molecule has 1 unspecified atom stereocenters. The van der Waals surface area contributed by atoms with Crippen molar-refractivity contribution in [1.82, 2.24) is 5.32 Å². The van der Waals surface area contributed by atoms with Crippen molar-refractivity contribution in [1.29, 1.82) is 0 Å². The third-order valence-corrected chi connectivity index (χ3v) is 6.72. The summed E-state index contributed by atoms with van der Waals surface area (Å²) in [5.74, 6) is -1.14. The first-order chi connectivity index (χ1) is 14.6. The lowest BCUT2D eigenvalue weighted by molar-refractivity contribution is -0.129. The molecule has 8 nitrogen and oxygen atoms in total. The van der Waals surface area contributed by atoms with Gasteiger partial charge in [0.25, 0.3) is 15.9 Å². The van der Waals surface area contributed by atoms with E-state index in [0.29, 0.717) is 18.7 Å². The molecular formula is C22H26N2O6S. The fourth-order valence-electron chi connectivity index (χ4n) is 3.37. The van der Waals surface area contributed by atoms with Gasteiger partial charge in [-0.2, -0.15) is 0 Å². The molecule has 9 heteroatoms. The lowest BCUT2D eigenvalue weighted by Crippen LogP contribution is -2.39. The van der Waals surface area contributed by atoms with Crippen LogP contribution in [0.2, 0.25) is 0 Å². The fraction of sp³-hybridized carbons (Fsp3) is 0.364. The average Bonchev–Trinajstić information content (AvgIpc) is 3.17. The molecule has 0 bridgehead atoms. The molecule has 0 saturated carbocycles. The third-order valence-electron chi connectivity index (χ3n) is 4.91. The summed E-state index contributed by atoms with van der Waals surface area (Å²) in [4.78, 5) is 24.7. The van der Waals surface area contributed by atoms with Crippen LogP contribution in [0, 0.1) is 0 Å². The molecule has 0 saturated heterocycles. The van der Waals surface area contributed by atoms with Crippen LogP contribution in [0.25, 0.3) is 0 Å². The number of para-hydroxylation sites is 1. The molecule has 2 aromatic carbocycles. The van der Waals surface area contributed by atoms with Gasteiger partial charge in [0.05, 0.1) is 17.7 Å². The second-order valence-electron chi connectivity index (χ2n) is 7.53. The Morgan fingerprint density at radius 2 is 1.81 bits per heavy atom. The highest BCUT2D eigenvalue weighted by molar-refractivity contribution is 7.92. The monoisotopic (exact) mass is 446 g/mol. The van der Waals surface area contributed by atoms with Crippen LogP contribution in [0.4, 0.5) is 5.69 Å². The van der Waals surface area contributed by atoms with Crippen molar-refractivity contribution >= 4 is 27.6 Å². The highest BCUT2D eigenvalue weighted by Gasteiger charge is 2.32. The zero-order valence-corrected chi connectivity index (χ0v) is 18.7. The Balaban J connectivity index is 1.90. The molecule has 1 N–H and O–H groups in total. The van der Waals surface area contributed by atoms with E-state index >= 15 is 0 Å². The van der Waals surface area contributed by atoms with Crippen molar-refractivity contribution in [3.8, 4) is 5.75 Å². The first-order valence-corrected chi connectivity index (χ1v) is 11.4. The number of fused-ring (bicyclic) bond motifs is 1. The number of benzene rings is 2. The predicted octanol–water partition coefficient (Wildman–Crippen LogP) is 2.52. The number of methoxy groups -OCH3 is 1. The van der Waals surface area contributed by atoms with Gasteiger partial charge in [0, 0.05) is 12.6 Å². The highest BCUT2D eigenvalue weighted by Crippen LogP contribution is 2.34. The number of carbonyl (C=O) groups excluding carboxylic acids is 2. The molecule has 0 fully saturated rings. The van der Waals surface area contributed by atoms with Gasteiger partial charge in [0.2, 0.25) is 0 Å². The smallest absolute Gasteiger partial charge is 0.342 e. The number of nitrogens with zero attached hydrogens (tertiary/aromatic N) is 1. The van der Waals surface area contributed by atoms with Gasteiger partial charge >= 0.3 is 5.97 Å². The van der Waals surface area contributed by atoms with Crippen molar-refractivity contribution < 1.29 is 27.5 Å². The van der Waals surface area contributed by atoms with E-state index in [1.807, 2.05) is 12.1 Å². The number of nitrogens with one attached hydrogen (secondary N) is 1. The number of esters is 1. The predicted molar refractivity (Wildman–Crippen MR) is 116 cm³/mol. The van der Waals surface area contributed by atoms with Gasteiger partial charge in [-0.1, -0.05) is 18.2 Å². The summed E-state index contributed by atoms with van der Waals surface area (Å²) in [7, 11) is -2.54. The standard InChI is InChI=1S/C22H26N2O6S/c1-14(2)23-21(25)15(3)30-22(26)18-13-17(9-10-20(18)29-4)31(27,28)24-12-11-16-7-5-6-8-19(16)24/h5-10,13-15H,11-12H2,1-4H3,(H,23,25). The van der Waals surface area contributed by atoms with E-state index in [1.165, 1.54) is 36.5 Å². The number of hydrogen-bond donors (Lipinski definition) is 1. The minimum Gasteiger partial charge on any atom is -0.496 e. The summed E-state index contributed by atoms with van der Waals surface area (Å²) < 4.78 is 38.4. The molecule has 0 aliphatic carbocycles. The fourth-order valence-corrected chi connectivity index (χ4v) is 4.90. The molecule has 1 heterocycles. The minimum absolute atomic E-state index is 0.0590. The summed E-state index contributed by atoms with van der Waals surface area (Å²) in [6, 6.07) is 11.2. The van der Waals surface area contributed by atoms with Crippen LogP contribution in [-0.4, -0.2) is 46.1 Å². The van der Waals surface area contributed by atoms with Crippen LogP contribution < -0.4 is 14.4 Å². The minimum atomic E-state index is -3.90. The van der Waals surface area contributed by atoms with Gasteiger partial charge < -0.3 is 14.8 Å². The van der Waals surface area contributed by atoms with E-state index in [1.54, 1.807) is 26.0 Å². The Bertz CT molecular complexity index is 1100. The number of hydrogen-bond acceptors (Lipinski definition) is 6. The Hall–Kier alpha value is -3.07. The average molecular weight is 447 g/mol. The summed E-state index contributed by atoms with van der Waals surface area (Å²) >= 11 is 0. The Kier molecular flexibility index (Phi) is 6.54. The normalized spacial score (nSPS) is 14.2. The lowest BCUT2D eigenvalue weighted by Gasteiger charge is -2.21. The first-order valence-electron chi connectivity index (χ1n) is 9.95. The molecule has 0 spiro atoms. The Morgan fingerprint density at radius 3 is 2.48 bits per heavy atom. The van der Waals surface area contributed by atoms with Gasteiger partial charge in [-0.05, 0) is 57.0 Å². The van der Waals surface area contributed by atoms with Crippen molar-refractivity contribution in [3.05, 3.63) is 53.6 Å². The maximum atomic E-state index is 13.3. The van der Waals surface area contributed by atoms with Crippen molar-refractivity contribution in [2.45, 2.75) is 44.2 Å². The summed E-state index contributed by atoms with van der Waals surface area (Å²) in [6.07, 6.45) is -0.437. The quantitative estimate of drug-likeness (QED) is 0.656.